The highest BCUT2D eigenvalue weighted by Crippen LogP contribution is 2.25. The van der Waals surface area contributed by atoms with Crippen molar-refractivity contribution in [1.29, 1.82) is 0 Å². The number of halogens is 1. The minimum Gasteiger partial charge on any atom is -0.455 e. The van der Waals surface area contributed by atoms with E-state index in [4.69, 9.17) is 4.74 Å². The average molecular weight is 300 g/mol. The first-order chi connectivity index (χ1) is 10.00. The normalized spacial score (nSPS) is 25.8. The molecule has 2 unspecified atom stereocenters. The lowest BCUT2D eigenvalue weighted by Gasteiger charge is -2.34. The van der Waals surface area contributed by atoms with Gasteiger partial charge >= 0.3 is 5.97 Å². The number of aliphatic imine (C=N–C) groups is 2. The van der Waals surface area contributed by atoms with Crippen LogP contribution in [0.2, 0.25) is 0 Å². The second kappa shape index (κ2) is 8.84. The number of nitrogens with one attached hydrogen (secondary N) is 1. The molecule has 1 aliphatic rings. The van der Waals surface area contributed by atoms with Gasteiger partial charge in [0.15, 0.2) is 5.54 Å². The third-order valence-electron chi connectivity index (χ3n) is 3.21. The standard InChI is InChI=1S/C14H25FN4O2/c1-12-10-17-14(11-19(2)3,13(20)21-12)6-4-5-7-16-8-9-18-15/h8,10,12,18H,4-7,9,11H2,1-3H3. The van der Waals surface area contributed by atoms with Crippen LogP contribution < -0.4 is 5.54 Å². The highest BCUT2D eigenvalue weighted by Gasteiger charge is 2.42. The van der Waals surface area contributed by atoms with Crippen molar-refractivity contribution in [2.75, 3.05) is 33.7 Å². The molecule has 1 rings (SSSR count). The lowest BCUT2D eigenvalue weighted by atomic mass is 9.91. The van der Waals surface area contributed by atoms with Crippen LogP contribution in [0.1, 0.15) is 26.2 Å². The van der Waals surface area contributed by atoms with Crippen LogP contribution in [0, 0.1) is 0 Å². The molecule has 0 bridgehead atoms. The fourth-order valence-corrected chi connectivity index (χ4v) is 2.29. The number of likely N-dealkylation sites (N-methyl/N-ethyl adjacent to an activating group) is 1. The second-order valence-corrected chi connectivity index (χ2v) is 5.54. The number of carbonyl (C=O) groups excluding carboxylic acids is 1. The van der Waals surface area contributed by atoms with E-state index in [1.54, 1.807) is 13.1 Å². The van der Waals surface area contributed by atoms with E-state index in [2.05, 4.69) is 9.98 Å². The summed E-state index contributed by atoms with van der Waals surface area (Å²) in [5.41, 5.74) is 0.707. The van der Waals surface area contributed by atoms with E-state index in [1.165, 1.54) is 11.8 Å². The predicted octanol–water partition coefficient (Wildman–Crippen LogP) is 1.02. The minimum atomic E-state index is -0.805. The van der Waals surface area contributed by atoms with Gasteiger partial charge in [0.1, 0.15) is 6.10 Å². The molecule has 1 aliphatic heterocycles. The zero-order valence-corrected chi connectivity index (χ0v) is 13.0. The van der Waals surface area contributed by atoms with E-state index in [0.717, 1.165) is 12.8 Å². The van der Waals surface area contributed by atoms with Gasteiger partial charge in [0.2, 0.25) is 0 Å². The number of ether oxygens (including phenoxy) is 1. The summed E-state index contributed by atoms with van der Waals surface area (Å²) in [4.78, 5) is 22.7. The van der Waals surface area contributed by atoms with Gasteiger partial charge in [-0.2, -0.15) is 5.54 Å². The van der Waals surface area contributed by atoms with E-state index in [0.29, 0.717) is 19.5 Å². The molecule has 120 valence electrons. The lowest BCUT2D eigenvalue weighted by Crippen LogP contribution is -2.50. The maximum atomic E-state index is 12.2. The zero-order valence-electron chi connectivity index (χ0n) is 13.0. The molecule has 2 atom stereocenters. The number of rotatable bonds is 9. The molecule has 0 fully saturated rings. The Bertz CT molecular complexity index is 387. The van der Waals surface area contributed by atoms with Gasteiger partial charge < -0.3 is 9.64 Å². The van der Waals surface area contributed by atoms with E-state index < -0.39 is 5.54 Å². The van der Waals surface area contributed by atoms with Gasteiger partial charge in [-0.25, -0.2) is 4.79 Å². The number of hydrogen-bond acceptors (Lipinski definition) is 6. The molecular weight excluding hydrogens is 275 g/mol. The van der Waals surface area contributed by atoms with Crippen molar-refractivity contribution in [2.45, 2.75) is 37.8 Å². The Morgan fingerprint density at radius 1 is 1.57 bits per heavy atom. The van der Waals surface area contributed by atoms with Crippen molar-refractivity contribution in [3.63, 3.8) is 0 Å². The lowest BCUT2D eigenvalue weighted by molar-refractivity contribution is -0.154. The number of carbonyl (C=O) groups is 1. The van der Waals surface area contributed by atoms with Gasteiger partial charge in [-0.15, -0.1) is 4.48 Å². The first-order valence-corrected chi connectivity index (χ1v) is 7.23. The van der Waals surface area contributed by atoms with Crippen LogP contribution >= 0.6 is 0 Å². The topological polar surface area (TPSA) is 66.3 Å². The smallest absolute Gasteiger partial charge is 0.335 e. The fourth-order valence-electron chi connectivity index (χ4n) is 2.29. The molecule has 0 spiro atoms. The molecule has 0 aliphatic carbocycles. The van der Waals surface area contributed by atoms with Gasteiger partial charge in [0.05, 0.1) is 6.54 Å². The van der Waals surface area contributed by atoms with Crippen LogP contribution in [0.15, 0.2) is 9.98 Å². The predicted molar refractivity (Wildman–Crippen MR) is 81.7 cm³/mol. The fraction of sp³-hybridized carbons (Fsp3) is 0.786. The number of nitrogens with zero attached hydrogens (tertiary/aromatic N) is 3. The zero-order chi connectivity index (χ0) is 15.7. The van der Waals surface area contributed by atoms with Crippen LogP contribution in [-0.2, 0) is 9.53 Å². The maximum absolute atomic E-state index is 12.2. The molecule has 21 heavy (non-hydrogen) atoms. The van der Waals surface area contributed by atoms with Gasteiger partial charge in [-0.05, 0) is 40.3 Å². The Morgan fingerprint density at radius 2 is 2.33 bits per heavy atom. The van der Waals surface area contributed by atoms with E-state index >= 15 is 0 Å². The number of hydrogen-bond donors (Lipinski definition) is 1. The van der Waals surface area contributed by atoms with Gasteiger partial charge in [-0.3, -0.25) is 9.98 Å². The molecule has 0 aromatic carbocycles. The quantitative estimate of drug-likeness (QED) is 0.299. The largest absolute Gasteiger partial charge is 0.455 e. The molecule has 1 N–H and O–H groups in total. The van der Waals surface area contributed by atoms with E-state index in [9.17, 15) is 9.28 Å². The molecule has 0 saturated carbocycles. The maximum Gasteiger partial charge on any atom is 0.335 e. The van der Waals surface area contributed by atoms with Crippen LogP contribution in [0.25, 0.3) is 0 Å². The second-order valence-electron chi connectivity index (χ2n) is 5.54. The first-order valence-electron chi connectivity index (χ1n) is 7.23. The van der Waals surface area contributed by atoms with Gasteiger partial charge in [0.25, 0.3) is 0 Å². The summed E-state index contributed by atoms with van der Waals surface area (Å²) < 4.78 is 17.0. The van der Waals surface area contributed by atoms with Crippen molar-refractivity contribution in [1.82, 2.24) is 10.4 Å². The van der Waals surface area contributed by atoms with Crippen molar-refractivity contribution >= 4 is 18.4 Å². The molecule has 0 saturated heterocycles. The van der Waals surface area contributed by atoms with Crippen LogP contribution in [0.3, 0.4) is 0 Å². The van der Waals surface area contributed by atoms with Gasteiger partial charge in [-0.1, -0.05) is 0 Å². The molecule has 1 heterocycles. The molecule has 0 aromatic rings. The van der Waals surface area contributed by atoms with E-state index in [1.807, 2.05) is 19.0 Å². The summed E-state index contributed by atoms with van der Waals surface area (Å²) in [6.07, 6.45) is 5.22. The molecule has 7 heteroatoms. The van der Waals surface area contributed by atoms with Crippen LogP contribution in [-0.4, -0.2) is 68.7 Å². The van der Waals surface area contributed by atoms with Gasteiger partial charge in [0, 0.05) is 25.5 Å². The Kier molecular flexibility index (Phi) is 7.45. The van der Waals surface area contributed by atoms with Crippen molar-refractivity contribution in [2.24, 2.45) is 9.98 Å². The number of esters is 1. The SMILES string of the molecule is CC1C=NC(CCCCN=CCNF)(CN(C)C)C(=O)O1. The number of cyclic esters (lactones) is 1. The third kappa shape index (κ3) is 5.89. The Balaban J connectivity index is 2.51. The summed E-state index contributed by atoms with van der Waals surface area (Å²) in [6, 6.07) is 0. The highest BCUT2D eigenvalue weighted by molar-refractivity contribution is 5.88. The summed E-state index contributed by atoms with van der Waals surface area (Å²) in [6.45, 7) is 3.08. The monoisotopic (exact) mass is 300 g/mol. The average Bonchev–Trinajstić information content (AvgIpc) is 2.41. The Morgan fingerprint density at radius 3 is 2.95 bits per heavy atom. The summed E-state index contributed by atoms with van der Waals surface area (Å²) in [5.74, 6) is -0.253. The highest BCUT2D eigenvalue weighted by atomic mass is 19.2. The van der Waals surface area contributed by atoms with Crippen molar-refractivity contribution in [3.05, 3.63) is 0 Å². The first kappa shape index (κ1) is 17.7. The molecule has 0 amide bonds. The molecule has 0 aromatic heterocycles. The van der Waals surface area contributed by atoms with E-state index in [-0.39, 0.29) is 18.6 Å². The molecule has 0 radical (unpaired) electrons. The molecule has 6 nitrogen and oxygen atoms in total. The van der Waals surface area contributed by atoms with Crippen LogP contribution in [0.5, 0.6) is 0 Å². The summed E-state index contributed by atoms with van der Waals surface area (Å²) in [7, 11) is 3.83. The van der Waals surface area contributed by atoms with Crippen molar-refractivity contribution < 1.29 is 14.0 Å². The van der Waals surface area contributed by atoms with Crippen LogP contribution in [0.4, 0.5) is 4.48 Å². The summed E-state index contributed by atoms with van der Waals surface area (Å²) >= 11 is 0. The van der Waals surface area contributed by atoms with Crippen molar-refractivity contribution in [3.8, 4) is 0 Å². The summed E-state index contributed by atoms with van der Waals surface area (Å²) in [5, 5.41) is 0. The minimum absolute atomic E-state index is 0.124. The molecular formula is C14H25FN4O2. The number of unbranched alkanes of at least 4 members (excludes halogenated alkanes) is 1. The Labute approximate surface area is 125 Å². The third-order valence-corrected chi connectivity index (χ3v) is 3.21. The Hall–Kier alpha value is -1.34.